The first-order valence-corrected chi connectivity index (χ1v) is 7.70. The lowest BCUT2D eigenvalue weighted by molar-refractivity contribution is -0.122. The Kier molecular flexibility index (Phi) is 5.45. The fourth-order valence-corrected chi connectivity index (χ4v) is 2.40. The van der Waals surface area contributed by atoms with Crippen LogP contribution in [0, 0.1) is 6.92 Å². The van der Waals surface area contributed by atoms with Gasteiger partial charge >= 0.3 is 0 Å². The van der Waals surface area contributed by atoms with Crippen molar-refractivity contribution >= 4 is 23.2 Å². The van der Waals surface area contributed by atoms with Gasteiger partial charge in [0.2, 0.25) is 0 Å². The quantitative estimate of drug-likeness (QED) is 0.874. The van der Waals surface area contributed by atoms with E-state index >= 15 is 0 Å². The van der Waals surface area contributed by atoms with E-state index in [1.54, 1.807) is 19.1 Å². The molecular weight excluding hydrogens is 298 g/mol. The van der Waals surface area contributed by atoms with Gasteiger partial charge in [-0.3, -0.25) is 4.79 Å². The Labute approximate surface area is 136 Å². The van der Waals surface area contributed by atoms with Crippen LogP contribution in [0.4, 0.5) is 5.69 Å². The van der Waals surface area contributed by atoms with Crippen LogP contribution in [-0.2, 0) is 11.2 Å². The monoisotopic (exact) mass is 317 g/mol. The Morgan fingerprint density at radius 3 is 2.68 bits per heavy atom. The van der Waals surface area contributed by atoms with E-state index in [1.165, 1.54) is 0 Å². The van der Waals surface area contributed by atoms with E-state index in [2.05, 4.69) is 12.2 Å². The summed E-state index contributed by atoms with van der Waals surface area (Å²) in [4.78, 5) is 12.3. The molecule has 0 bridgehead atoms. The van der Waals surface area contributed by atoms with E-state index in [9.17, 15) is 4.79 Å². The standard InChI is InChI=1S/C18H20ClNO2/c1-4-14-7-5-6-8-16(14)20-18(21)13(3)22-17-10-9-15(19)11-12(17)2/h5-11,13H,4H2,1-3H3,(H,20,21)/t13-/m0/s1. The lowest BCUT2D eigenvalue weighted by atomic mass is 10.1. The number of carbonyl (C=O) groups is 1. The summed E-state index contributed by atoms with van der Waals surface area (Å²) in [5.74, 6) is 0.492. The van der Waals surface area contributed by atoms with E-state index < -0.39 is 6.10 Å². The largest absolute Gasteiger partial charge is 0.481 e. The molecule has 0 fully saturated rings. The molecule has 116 valence electrons. The number of carbonyl (C=O) groups excluding carboxylic acids is 1. The number of aryl methyl sites for hydroxylation is 2. The molecule has 0 spiro atoms. The van der Waals surface area contributed by atoms with Gasteiger partial charge in [-0.2, -0.15) is 0 Å². The zero-order valence-electron chi connectivity index (χ0n) is 13.0. The van der Waals surface area contributed by atoms with Gasteiger partial charge in [-0.1, -0.05) is 36.7 Å². The zero-order valence-corrected chi connectivity index (χ0v) is 13.8. The van der Waals surface area contributed by atoms with E-state index in [0.29, 0.717) is 10.8 Å². The Balaban J connectivity index is 2.06. The van der Waals surface area contributed by atoms with Gasteiger partial charge in [-0.15, -0.1) is 0 Å². The van der Waals surface area contributed by atoms with Crippen molar-refractivity contribution < 1.29 is 9.53 Å². The van der Waals surface area contributed by atoms with Crippen LogP contribution >= 0.6 is 11.6 Å². The molecule has 0 unspecified atom stereocenters. The topological polar surface area (TPSA) is 38.3 Å². The Morgan fingerprint density at radius 1 is 1.27 bits per heavy atom. The van der Waals surface area contributed by atoms with E-state index in [-0.39, 0.29) is 5.91 Å². The number of amides is 1. The van der Waals surface area contributed by atoms with E-state index in [4.69, 9.17) is 16.3 Å². The van der Waals surface area contributed by atoms with Crippen LogP contribution < -0.4 is 10.1 Å². The first kappa shape index (κ1) is 16.4. The molecule has 2 aromatic carbocycles. The fraction of sp³-hybridized carbons (Fsp3) is 0.278. The number of rotatable bonds is 5. The number of benzene rings is 2. The minimum atomic E-state index is -0.593. The summed E-state index contributed by atoms with van der Waals surface area (Å²) in [6, 6.07) is 13.1. The Bertz CT molecular complexity index is 670. The normalized spacial score (nSPS) is 11.8. The molecule has 1 atom stereocenters. The highest BCUT2D eigenvalue weighted by molar-refractivity contribution is 6.30. The SMILES string of the molecule is CCc1ccccc1NC(=O)[C@H](C)Oc1ccc(Cl)cc1C. The van der Waals surface area contributed by atoms with Crippen molar-refractivity contribution in [2.24, 2.45) is 0 Å². The second-order valence-electron chi connectivity index (χ2n) is 5.17. The molecule has 2 rings (SSSR count). The molecule has 0 aliphatic heterocycles. The highest BCUT2D eigenvalue weighted by Crippen LogP contribution is 2.23. The van der Waals surface area contributed by atoms with Crippen molar-refractivity contribution in [3.05, 3.63) is 58.6 Å². The molecule has 2 aromatic rings. The lowest BCUT2D eigenvalue weighted by Crippen LogP contribution is -2.30. The van der Waals surface area contributed by atoms with Crippen molar-refractivity contribution in [3.8, 4) is 5.75 Å². The van der Waals surface area contributed by atoms with Crippen LogP contribution in [-0.4, -0.2) is 12.0 Å². The van der Waals surface area contributed by atoms with Gasteiger partial charge in [-0.25, -0.2) is 0 Å². The summed E-state index contributed by atoms with van der Waals surface area (Å²) in [5.41, 5.74) is 2.84. The molecular formula is C18H20ClNO2. The molecule has 0 aliphatic rings. The molecule has 0 saturated heterocycles. The molecule has 0 radical (unpaired) electrons. The van der Waals surface area contributed by atoms with Crippen molar-refractivity contribution in [2.75, 3.05) is 5.32 Å². The molecule has 1 amide bonds. The highest BCUT2D eigenvalue weighted by atomic mass is 35.5. The molecule has 22 heavy (non-hydrogen) atoms. The average Bonchev–Trinajstić information content (AvgIpc) is 2.50. The summed E-state index contributed by atoms with van der Waals surface area (Å²) in [6.45, 7) is 5.69. The van der Waals surface area contributed by atoms with Gasteiger partial charge in [0.15, 0.2) is 6.10 Å². The number of hydrogen-bond acceptors (Lipinski definition) is 2. The number of hydrogen-bond donors (Lipinski definition) is 1. The maximum absolute atomic E-state index is 12.3. The summed E-state index contributed by atoms with van der Waals surface area (Å²) >= 11 is 5.92. The minimum Gasteiger partial charge on any atom is -0.481 e. The molecule has 4 heteroatoms. The average molecular weight is 318 g/mol. The highest BCUT2D eigenvalue weighted by Gasteiger charge is 2.16. The van der Waals surface area contributed by atoms with Crippen LogP contribution in [0.3, 0.4) is 0 Å². The van der Waals surface area contributed by atoms with Gasteiger partial charge in [0.25, 0.3) is 5.91 Å². The molecule has 0 aromatic heterocycles. The van der Waals surface area contributed by atoms with Gasteiger partial charge in [0, 0.05) is 10.7 Å². The van der Waals surface area contributed by atoms with Crippen LogP contribution in [0.1, 0.15) is 25.0 Å². The maximum atomic E-state index is 12.3. The van der Waals surface area contributed by atoms with Crippen LogP contribution in [0.15, 0.2) is 42.5 Å². The first-order chi connectivity index (χ1) is 10.5. The van der Waals surface area contributed by atoms with Crippen molar-refractivity contribution in [1.29, 1.82) is 0 Å². The number of nitrogens with one attached hydrogen (secondary N) is 1. The fourth-order valence-electron chi connectivity index (χ4n) is 2.17. The third kappa shape index (κ3) is 4.01. The van der Waals surface area contributed by atoms with Gasteiger partial charge < -0.3 is 10.1 Å². The van der Waals surface area contributed by atoms with E-state index in [0.717, 1.165) is 23.2 Å². The summed E-state index contributed by atoms with van der Waals surface area (Å²) in [6.07, 6.45) is 0.270. The second kappa shape index (κ2) is 7.32. The molecule has 0 saturated carbocycles. The maximum Gasteiger partial charge on any atom is 0.265 e. The van der Waals surface area contributed by atoms with Crippen LogP contribution in [0.25, 0.3) is 0 Å². The first-order valence-electron chi connectivity index (χ1n) is 7.33. The second-order valence-corrected chi connectivity index (χ2v) is 5.61. The number of halogens is 1. The van der Waals surface area contributed by atoms with Gasteiger partial charge in [0.05, 0.1) is 0 Å². The molecule has 3 nitrogen and oxygen atoms in total. The van der Waals surface area contributed by atoms with Gasteiger partial charge in [-0.05, 0) is 55.7 Å². The predicted molar refractivity (Wildman–Crippen MR) is 90.7 cm³/mol. The number of para-hydroxylation sites is 1. The number of anilines is 1. The van der Waals surface area contributed by atoms with E-state index in [1.807, 2.05) is 37.3 Å². The minimum absolute atomic E-state index is 0.171. The van der Waals surface area contributed by atoms with Crippen LogP contribution in [0.2, 0.25) is 5.02 Å². The zero-order chi connectivity index (χ0) is 16.1. The smallest absolute Gasteiger partial charge is 0.265 e. The molecule has 0 aliphatic carbocycles. The summed E-state index contributed by atoms with van der Waals surface area (Å²) < 4.78 is 5.74. The van der Waals surface area contributed by atoms with Gasteiger partial charge in [0.1, 0.15) is 5.75 Å². The van der Waals surface area contributed by atoms with Crippen molar-refractivity contribution in [3.63, 3.8) is 0 Å². The number of ether oxygens (including phenoxy) is 1. The molecule has 1 N–H and O–H groups in total. The van der Waals surface area contributed by atoms with Crippen molar-refractivity contribution in [1.82, 2.24) is 0 Å². The van der Waals surface area contributed by atoms with Crippen LogP contribution in [0.5, 0.6) is 5.75 Å². The third-order valence-electron chi connectivity index (χ3n) is 3.47. The lowest BCUT2D eigenvalue weighted by Gasteiger charge is -2.17. The summed E-state index contributed by atoms with van der Waals surface area (Å²) in [7, 11) is 0. The predicted octanol–water partition coefficient (Wildman–Crippen LogP) is 4.62. The Morgan fingerprint density at radius 2 is 2.00 bits per heavy atom. The Hall–Kier alpha value is -2.00. The third-order valence-corrected chi connectivity index (χ3v) is 3.70. The summed E-state index contributed by atoms with van der Waals surface area (Å²) in [5, 5.41) is 3.57. The molecule has 0 heterocycles. The van der Waals surface area contributed by atoms with Crippen molar-refractivity contribution in [2.45, 2.75) is 33.3 Å².